The fraction of sp³-hybridized carbons (Fsp3) is 0.345. The van der Waals surface area contributed by atoms with Gasteiger partial charge in [0.25, 0.3) is 5.91 Å². The first-order valence-electron chi connectivity index (χ1n) is 13.3. The molecule has 5 heterocycles. The number of ketones is 1. The van der Waals surface area contributed by atoms with E-state index in [1.165, 1.54) is 18.4 Å². The molecule has 1 atom stereocenters. The van der Waals surface area contributed by atoms with E-state index in [4.69, 9.17) is 20.2 Å². The number of benzene rings is 1. The molecule has 1 saturated heterocycles. The molecule has 6 rings (SSSR count). The minimum absolute atomic E-state index is 0.0669. The van der Waals surface area contributed by atoms with E-state index in [0.29, 0.717) is 61.8 Å². The van der Waals surface area contributed by atoms with Crippen LogP contribution in [-0.2, 0) is 4.79 Å². The Bertz CT molecular complexity index is 1610. The average Bonchev–Trinajstić information content (AvgIpc) is 3.41. The van der Waals surface area contributed by atoms with Gasteiger partial charge in [0.15, 0.2) is 22.9 Å². The summed E-state index contributed by atoms with van der Waals surface area (Å²) in [5.41, 5.74) is 11.2. The smallest absolute Gasteiger partial charge is 0.251 e. The molecule has 0 aliphatic carbocycles. The van der Waals surface area contributed by atoms with Crippen LogP contribution in [0.15, 0.2) is 42.7 Å². The summed E-state index contributed by atoms with van der Waals surface area (Å²) in [4.78, 5) is 36.2. The van der Waals surface area contributed by atoms with Gasteiger partial charge in [-0.1, -0.05) is 6.07 Å². The number of nitrogens with zero attached hydrogens (tertiary/aromatic N) is 5. The number of carbonyl (C=O) groups is 2. The van der Waals surface area contributed by atoms with Gasteiger partial charge in [0, 0.05) is 41.9 Å². The third kappa shape index (κ3) is 4.51. The van der Waals surface area contributed by atoms with Gasteiger partial charge in [0.2, 0.25) is 0 Å². The van der Waals surface area contributed by atoms with Crippen molar-refractivity contribution in [3.63, 3.8) is 0 Å². The molecular weight excluding hydrogens is 512 g/mol. The van der Waals surface area contributed by atoms with Crippen LogP contribution in [0.4, 0.5) is 5.82 Å². The van der Waals surface area contributed by atoms with E-state index >= 15 is 0 Å². The topological polar surface area (TPSA) is 145 Å². The first kappa shape index (κ1) is 25.8. The second-order valence-corrected chi connectivity index (χ2v) is 10.2. The number of aliphatic hydroxyl groups is 1. The highest BCUT2D eigenvalue weighted by Crippen LogP contribution is 2.36. The lowest BCUT2D eigenvalue weighted by molar-refractivity contribution is -0.140. The molecule has 206 valence electrons. The maximum Gasteiger partial charge on any atom is 0.251 e. The second kappa shape index (κ2) is 10.2. The minimum Gasteiger partial charge on any atom is -0.486 e. The molecule has 0 saturated carbocycles. The highest BCUT2D eigenvalue weighted by atomic mass is 16.6. The summed E-state index contributed by atoms with van der Waals surface area (Å²) >= 11 is 0. The normalized spacial score (nSPS) is 16.2. The predicted molar refractivity (Wildman–Crippen MR) is 147 cm³/mol. The van der Waals surface area contributed by atoms with Crippen molar-refractivity contribution in [2.75, 3.05) is 32.0 Å². The third-order valence-electron chi connectivity index (χ3n) is 7.53. The van der Waals surface area contributed by atoms with Crippen molar-refractivity contribution in [1.29, 1.82) is 0 Å². The number of nitrogens with two attached hydrogens (primary N) is 1. The molecule has 2 aliphatic heterocycles. The molecule has 40 heavy (non-hydrogen) atoms. The molecule has 1 amide bonds. The largest absolute Gasteiger partial charge is 0.486 e. The Balaban J connectivity index is 1.33. The molecule has 0 spiro atoms. The molecular formula is C29H30N6O5. The molecule has 1 aromatic carbocycles. The predicted octanol–water partition coefficient (Wildman–Crippen LogP) is 3.10. The van der Waals surface area contributed by atoms with Crippen molar-refractivity contribution >= 4 is 23.2 Å². The average molecular weight is 543 g/mol. The Labute approximate surface area is 230 Å². The van der Waals surface area contributed by atoms with Crippen LogP contribution in [0.25, 0.3) is 28.0 Å². The van der Waals surface area contributed by atoms with Gasteiger partial charge >= 0.3 is 0 Å². The number of pyridine rings is 1. The third-order valence-corrected chi connectivity index (χ3v) is 7.53. The molecule has 2 aliphatic rings. The van der Waals surface area contributed by atoms with Crippen LogP contribution in [0, 0.1) is 0 Å². The number of aliphatic hydroxyl groups excluding tert-OH is 1. The van der Waals surface area contributed by atoms with Crippen molar-refractivity contribution in [2.45, 2.75) is 38.7 Å². The summed E-state index contributed by atoms with van der Waals surface area (Å²) in [6, 6.07) is 9.63. The number of Topliss-reactive ketones (excluding diaryl/α,β-unsaturated/α-hetero) is 1. The van der Waals surface area contributed by atoms with Crippen molar-refractivity contribution in [3.05, 3.63) is 54.0 Å². The summed E-state index contributed by atoms with van der Waals surface area (Å²) in [7, 11) is 0. The number of anilines is 1. The first-order valence-corrected chi connectivity index (χ1v) is 13.3. The lowest BCUT2D eigenvalue weighted by atomic mass is 9.89. The molecule has 4 aromatic rings. The van der Waals surface area contributed by atoms with E-state index in [0.717, 1.165) is 28.1 Å². The molecule has 11 nitrogen and oxygen atoms in total. The Kier molecular flexibility index (Phi) is 6.59. The van der Waals surface area contributed by atoms with E-state index in [1.807, 2.05) is 30.3 Å². The summed E-state index contributed by atoms with van der Waals surface area (Å²) < 4.78 is 12.8. The van der Waals surface area contributed by atoms with Crippen LogP contribution in [0.1, 0.15) is 48.7 Å². The molecule has 3 aromatic heterocycles. The number of hydrogen-bond donors (Lipinski definition) is 2. The molecule has 0 unspecified atom stereocenters. The van der Waals surface area contributed by atoms with Crippen molar-refractivity contribution in [1.82, 2.24) is 24.5 Å². The van der Waals surface area contributed by atoms with Crippen LogP contribution in [0.5, 0.6) is 11.5 Å². The zero-order valence-corrected chi connectivity index (χ0v) is 22.3. The van der Waals surface area contributed by atoms with Gasteiger partial charge in [-0.15, -0.1) is 0 Å². The maximum absolute atomic E-state index is 12.7. The number of rotatable bonds is 5. The highest BCUT2D eigenvalue weighted by molar-refractivity contribution is 6.00. The van der Waals surface area contributed by atoms with Gasteiger partial charge in [0.1, 0.15) is 25.1 Å². The number of piperidine rings is 1. The number of carbonyl (C=O) groups excluding carboxylic acids is 2. The summed E-state index contributed by atoms with van der Waals surface area (Å²) in [6.07, 6.45) is 3.61. The van der Waals surface area contributed by atoms with Gasteiger partial charge in [0.05, 0.1) is 23.1 Å². The van der Waals surface area contributed by atoms with E-state index in [9.17, 15) is 14.7 Å². The molecule has 0 radical (unpaired) electrons. The van der Waals surface area contributed by atoms with Crippen LogP contribution < -0.4 is 15.2 Å². The van der Waals surface area contributed by atoms with E-state index in [1.54, 1.807) is 17.3 Å². The maximum atomic E-state index is 12.7. The second-order valence-electron chi connectivity index (χ2n) is 10.2. The van der Waals surface area contributed by atoms with Crippen LogP contribution >= 0.6 is 0 Å². The number of likely N-dealkylation sites (tertiary alicyclic amines) is 1. The van der Waals surface area contributed by atoms with Gasteiger partial charge < -0.3 is 25.2 Å². The highest BCUT2D eigenvalue weighted by Gasteiger charge is 2.31. The number of fused-ring (bicyclic) bond motifs is 2. The number of amides is 1. The summed E-state index contributed by atoms with van der Waals surface area (Å²) in [5, 5.41) is 14.1. The number of hydrogen-bond acceptors (Lipinski definition) is 9. The number of ether oxygens (including phenoxy) is 2. The quantitative estimate of drug-likeness (QED) is 0.363. The van der Waals surface area contributed by atoms with Gasteiger partial charge in [-0.2, -0.15) is 9.61 Å². The molecule has 11 heteroatoms. The van der Waals surface area contributed by atoms with E-state index in [2.05, 4.69) is 10.1 Å². The molecule has 1 fully saturated rings. The van der Waals surface area contributed by atoms with Gasteiger partial charge in [-0.25, -0.2) is 4.98 Å². The Morgan fingerprint density at radius 3 is 2.45 bits per heavy atom. The fourth-order valence-electron chi connectivity index (χ4n) is 5.46. The Morgan fingerprint density at radius 1 is 1.05 bits per heavy atom. The number of aromatic nitrogens is 4. The zero-order valence-electron chi connectivity index (χ0n) is 22.3. The van der Waals surface area contributed by atoms with Crippen molar-refractivity contribution < 1.29 is 24.2 Å². The monoisotopic (exact) mass is 542 g/mol. The lowest BCUT2D eigenvalue weighted by Gasteiger charge is -2.33. The lowest BCUT2D eigenvalue weighted by Crippen LogP contribution is -2.42. The standard InChI is InChI=1S/C29H30N6O5/c1-16(36)25-26(18-7-9-34(10-8-18)29(38)17(2)37)33-28-21(15-32-35(28)27(25)30)20-3-5-22(31-14-20)19-4-6-23-24(13-19)40-12-11-39-23/h3-6,13-15,17-18,37H,7-12,30H2,1-2H3/t17-/m1/s1. The van der Waals surface area contributed by atoms with Crippen LogP contribution in [0.2, 0.25) is 0 Å². The zero-order chi connectivity index (χ0) is 28.0. The van der Waals surface area contributed by atoms with Crippen LogP contribution in [0.3, 0.4) is 0 Å². The summed E-state index contributed by atoms with van der Waals surface area (Å²) in [5.74, 6) is 1.12. The van der Waals surface area contributed by atoms with Gasteiger partial charge in [-0.3, -0.25) is 14.6 Å². The molecule has 0 bridgehead atoms. The molecule has 3 N–H and O–H groups in total. The van der Waals surface area contributed by atoms with Crippen molar-refractivity contribution in [3.8, 4) is 33.9 Å². The van der Waals surface area contributed by atoms with Crippen molar-refractivity contribution in [2.24, 2.45) is 0 Å². The summed E-state index contributed by atoms with van der Waals surface area (Å²) in [6.45, 7) is 4.93. The Hall–Kier alpha value is -4.51. The van der Waals surface area contributed by atoms with Crippen LogP contribution in [-0.4, -0.2) is 73.7 Å². The number of nitrogen functional groups attached to an aromatic ring is 1. The SMILES string of the molecule is CC(=O)c1c(C2CCN(C(=O)[C@@H](C)O)CC2)nc2c(-c3ccc(-c4ccc5c(c4)OCCO5)nc3)cnn2c1N. The Morgan fingerprint density at radius 2 is 1.77 bits per heavy atom. The van der Waals surface area contributed by atoms with E-state index < -0.39 is 6.10 Å². The minimum atomic E-state index is -1.04. The fourth-order valence-corrected chi connectivity index (χ4v) is 5.46. The first-order chi connectivity index (χ1) is 19.3. The van der Waals surface area contributed by atoms with Gasteiger partial charge in [-0.05, 0) is 51.0 Å². The van der Waals surface area contributed by atoms with E-state index in [-0.39, 0.29) is 23.4 Å².